The smallest absolute Gasteiger partial charge is 0.0668 e. The lowest BCUT2D eigenvalue weighted by Crippen LogP contribution is -2.54. The number of rotatable bonds is 3. The van der Waals surface area contributed by atoms with Gasteiger partial charge in [-0.05, 0) is 23.6 Å². The van der Waals surface area contributed by atoms with E-state index in [4.69, 9.17) is 0 Å². The molecule has 1 fully saturated rings. The Balaban J connectivity index is 1.91. The van der Waals surface area contributed by atoms with Gasteiger partial charge in [-0.15, -0.1) is 0 Å². The van der Waals surface area contributed by atoms with Crippen molar-refractivity contribution < 1.29 is 0 Å². The SMILES string of the molecule is CC(C)C1CN(c2cccnc2)C(c2ccccc2)CN1. The van der Waals surface area contributed by atoms with Gasteiger partial charge in [-0.1, -0.05) is 44.2 Å². The molecule has 2 aromatic rings. The summed E-state index contributed by atoms with van der Waals surface area (Å²) in [5, 5.41) is 3.70. The zero-order valence-corrected chi connectivity index (χ0v) is 12.7. The molecule has 1 saturated heterocycles. The van der Waals surface area contributed by atoms with Crippen molar-refractivity contribution in [2.75, 3.05) is 18.0 Å². The number of anilines is 1. The summed E-state index contributed by atoms with van der Waals surface area (Å²) in [6.07, 6.45) is 3.81. The number of piperazine rings is 1. The first-order valence-corrected chi connectivity index (χ1v) is 7.70. The molecule has 21 heavy (non-hydrogen) atoms. The van der Waals surface area contributed by atoms with Gasteiger partial charge >= 0.3 is 0 Å². The van der Waals surface area contributed by atoms with E-state index in [0.717, 1.165) is 13.1 Å². The van der Waals surface area contributed by atoms with E-state index in [2.05, 4.69) is 65.4 Å². The van der Waals surface area contributed by atoms with E-state index in [1.807, 2.05) is 18.5 Å². The first-order valence-electron chi connectivity index (χ1n) is 7.70. The Bertz CT molecular complexity index is 553. The second-order valence-electron chi connectivity index (χ2n) is 6.05. The second-order valence-corrected chi connectivity index (χ2v) is 6.05. The van der Waals surface area contributed by atoms with E-state index in [1.165, 1.54) is 11.3 Å². The van der Waals surface area contributed by atoms with Crippen LogP contribution >= 0.6 is 0 Å². The predicted molar refractivity (Wildman–Crippen MR) is 87.4 cm³/mol. The van der Waals surface area contributed by atoms with E-state index >= 15 is 0 Å². The Labute approximate surface area is 127 Å². The summed E-state index contributed by atoms with van der Waals surface area (Å²) in [6.45, 7) is 6.55. The van der Waals surface area contributed by atoms with Crippen molar-refractivity contribution in [3.8, 4) is 0 Å². The maximum atomic E-state index is 4.30. The van der Waals surface area contributed by atoms with Crippen LogP contribution in [0.4, 0.5) is 5.69 Å². The summed E-state index contributed by atoms with van der Waals surface area (Å²) in [5.74, 6) is 0.626. The number of hydrogen-bond donors (Lipinski definition) is 1. The molecule has 1 aromatic carbocycles. The zero-order chi connectivity index (χ0) is 14.7. The van der Waals surface area contributed by atoms with Crippen molar-refractivity contribution in [3.05, 3.63) is 60.4 Å². The van der Waals surface area contributed by atoms with Gasteiger partial charge in [0.05, 0.1) is 17.9 Å². The van der Waals surface area contributed by atoms with Crippen LogP contribution < -0.4 is 10.2 Å². The molecule has 3 rings (SSSR count). The van der Waals surface area contributed by atoms with E-state index in [9.17, 15) is 0 Å². The van der Waals surface area contributed by atoms with Crippen LogP contribution in [0.5, 0.6) is 0 Å². The molecule has 3 heteroatoms. The Hall–Kier alpha value is -1.87. The largest absolute Gasteiger partial charge is 0.360 e. The Morgan fingerprint density at radius 3 is 2.62 bits per heavy atom. The van der Waals surface area contributed by atoms with Gasteiger partial charge in [0, 0.05) is 25.3 Å². The molecule has 0 bridgehead atoms. The first kappa shape index (κ1) is 14.1. The van der Waals surface area contributed by atoms with Crippen LogP contribution in [0.1, 0.15) is 25.5 Å². The van der Waals surface area contributed by atoms with E-state index < -0.39 is 0 Å². The number of pyridine rings is 1. The van der Waals surface area contributed by atoms with Crippen LogP contribution in [-0.4, -0.2) is 24.1 Å². The predicted octanol–water partition coefficient (Wildman–Crippen LogP) is 3.26. The van der Waals surface area contributed by atoms with Gasteiger partial charge in [0.15, 0.2) is 0 Å². The average Bonchev–Trinajstić information content (AvgIpc) is 2.56. The van der Waals surface area contributed by atoms with Crippen molar-refractivity contribution in [2.24, 2.45) is 5.92 Å². The summed E-state index contributed by atoms with van der Waals surface area (Å²) >= 11 is 0. The lowest BCUT2D eigenvalue weighted by atomic mass is 9.95. The minimum absolute atomic E-state index is 0.366. The van der Waals surface area contributed by atoms with E-state index in [0.29, 0.717) is 18.0 Å². The molecular formula is C18H23N3. The van der Waals surface area contributed by atoms with Gasteiger partial charge in [0.1, 0.15) is 0 Å². The average molecular weight is 281 g/mol. The topological polar surface area (TPSA) is 28.2 Å². The molecule has 1 N–H and O–H groups in total. The summed E-state index contributed by atoms with van der Waals surface area (Å²) in [5.41, 5.74) is 2.56. The van der Waals surface area contributed by atoms with Crippen molar-refractivity contribution in [3.63, 3.8) is 0 Å². The number of hydrogen-bond acceptors (Lipinski definition) is 3. The number of benzene rings is 1. The van der Waals surface area contributed by atoms with Crippen LogP contribution in [-0.2, 0) is 0 Å². The van der Waals surface area contributed by atoms with Crippen molar-refractivity contribution in [1.82, 2.24) is 10.3 Å². The molecule has 3 nitrogen and oxygen atoms in total. The van der Waals surface area contributed by atoms with Crippen LogP contribution in [0, 0.1) is 5.92 Å². The molecule has 2 unspecified atom stereocenters. The lowest BCUT2D eigenvalue weighted by molar-refractivity contribution is 0.331. The highest BCUT2D eigenvalue weighted by atomic mass is 15.2. The number of nitrogens with zero attached hydrogens (tertiary/aromatic N) is 2. The second kappa shape index (κ2) is 6.27. The highest BCUT2D eigenvalue weighted by Gasteiger charge is 2.30. The molecule has 2 heterocycles. The van der Waals surface area contributed by atoms with Crippen LogP contribution in [0.3, 0.4) is 0 Å². The first-order chi connectivity index (χ1) is 10.3. The normalized spacial score (nSPS) is 22.5. The Morgan fingerprint density at radius 1 is 1.14 bits per heavy atom. The maximum absolute atomic E-state index is 4.30. The monoisotopic (exact) mass is 281 g/mol. The van der Waals surface area contributed by atoms with Crippen molar-refractivity contribution >= 4 is 5.69 Å². The molecule has 0 saturated carbocycles. The fourth-order valence-corrected chi connectivity index (χ4v) is 3.01. The van der Waals surface area contributed by atoms with Crippen LogP contribution in [0.25, 0.3) is 0 Å². The van der Waals surface area contributed by atoms with Gasteiger partial charge in [0.2, 0.25) is 0 Å². The zero-order valence-electron chi connectivity index (χ0n) is 12.7. The third kappa shape index (κ3) is 3.08. The molecule has 110 valence electrons. The number of aromatic nitrogens is 1. The van der Waals surface area contributed by atoms with Gasteiger partial charge < -0.3 is 10.2 Å². The van der Waals surface area contributed by atoms with Gasteiger partial charge in [-0.2, -0.15) is 0 Å². The van der Waals surface area contributed by atoms with Crippen LogP contribution in [0.15, 0.2) is 54.9 Å². The third-order valence-corrected chi connectivity index (χ3v) is 4.31. The highest BCUT2D eigenvalue weighted by molar-refractivity contribution is 5.48. The van der Waals surface area contributed by atoms with Crippen molar-refractivity contribution in [1.29, 1.82) is 0 Å². The minimum atomic E-state index is 0.366. The highest BCUT2D eigenvalue weighted by Crippen LogP contribution is 2.30. The molecule has 2 atom stereocenters. The van der Waals surface area contributed by atoms with Crippen LogP contribution in [0.2, 0.25) is 0 Å². The molecule has 1 aromatic heterocycles. The number of nitrogens with one attached hydrogen (secondary N) is 1. The fourth-order valence-electron chi connectivity index (χ4n) is 3.01. The van der Waals surface area contributed by atoms with Gasteiger partial charge in [-0.25, -0.2) is 0 Å². The molecule has 0 radical (unpaired) electrons. The summed E-state index contributed by atoms with van der Waals surface area (Å²) in [7, 11) is 0. The molecule has 1 aliphatic rings. The fraction of sp³-hybridized carbons (Fsp3) is 0.389. The van der Waals surface area contributed by atoms with E-state index in [1.54, 1.807) is 0 Å². The summed E-state index contributed by atoms with van der Waals surface area (Å²) in [4.78, 5) is 6.79. The van der Waals surface area contributed by atoms with Gasteiger partial charge in [0.25, 0.3) is 0 Å². The molecule has 1 aliphatic heterocycles. The van der Waals surface area contributed by atoms with Gasteiger partial charge in [-0.3, -0.25) is 4.98 Å². The summed E-state index contributed by atoms with van der Waals surface area (Å²) in [6, 6.07) is 15.8. The van der Waals surface area contributed by atoms with E-state index in [-0.39, 0.29) is 0 Å². The minimum Gasteiger partial charge on any atom is -0.360 e. The van der Waals surface area contributed by atoms with Crippen molar-refractivity contribution in [2.45, 2.75) is 25.9 Å². The molecular weight excluding hydrogens is 258 g/mol. The molecule has 0 spiro atoms. The lowest BCUT2D eigenvalue weighted by Gasteiger charge is -2.43. The Morgan fingerprint density at radius 2 is 1.95 bits per heavy atom. The third-order valence-electron chi connectivity index (χ3n) is 4.31. The molecule has 0 aliphatic carbocycles. The molecule has 0 amide bonds. The Kier molecular flexibility index (Phi) is 4.20. The quantitative estimate of drug-likeness (QED) is 0.936. The maximum Gasteiger partial charge on any atom is 0.0668 e. The summed E-state index contributed by atoms with van der Waals surface area (Å²) < 4.78 is 0. The standard InChI is InChI=1S/C18H23N3/c1-14(2)17-13-21(16-9-6-10-19-11-16)18(12-20-17)15-7-4-3-5-8-15/h3-11,14,17-18,20H,12-13H2,1-2H3.